The van der Waals surface area contributed by atoms with Crippen LogP contribution in [0.15, 0.2) is 27.5 Å². The molecule has 10 nitrogen and oxygen atoms in total. The maximum absolute atomic E-state index is 13.8. The van der Waals surface area contributed by atoms with E-state index in [9.17, 15) is 26.4 Å². The normalized spacial score (nSPS) is 26.6. The zero-order chi connectivity index (χ0) is 26.0. The molecule has 0 aromatic heterocycles. The number of ketones is 1. The van der Waals surface area contributed by atoms with Crippen molar-refractivity contribution in [2.75, 3.05) is 22.8 Å². The Hall–Kier alpha value is -2.47. The molecule has 4 rings (SSSR count). The van der Waals surface area contributed by atoms with E-state index in [0.29, 0.717) is 13.0 Å². The number of benzene rings is 1. The van der Waals surface area contributed by atoms with E-state index in [2.05, 4.69) is 35.2 Å². The van der Waals surface area contributed by atoms with Crippen molar-refractivity contribution in [2.45, 2.75) is 64.3 Å². The lowest BCUT2D eigenvalue weighted by Gasteiger charge is -2.44. The van der Waals surface area contributed by atoms with E-state index in [4.69, 9.17) is 0 Å². The van der Waals surface area contributed by atoms with Gasteiger partial charge in [0.2, 0.25) is 15.9 Å². The van der Waals surface area contributed by atoms with Gasteiger partial charge >= 0.3 is 0 Å². The number of piperidine rings is 1. The Labute approximate surface area is 206 Å². The Morgan fingerprint density at radius 2 is 1.89 bits per heavy atom. The van der Waals surface area contributed by atoms with Crippen LogP contribution in [0.3, 0.4) is 0 Å². The van der Waals surface area contributed by atoms with E-state index >= 15 is 0 Å². The lowest BCUT2D eigenvalue weighted by atomic mass is 9.69. The second-order valence-electron chi connectivity index (χ2n) is 11.3. The summed E-state index contributed by atoms with van der Waals surface area (Å²) in [4.78, 5) is 28.7. The number of Topliss-reactive ketones (excluding diaryl/α,β-unsaturated/α-hetero) is 1. The molecule has 3 aliphatic rings. The van der Waals surface area contributed by atoms with E-state index < -0.39 is 37.3 Å². The Bertz CT molecular complexity index is 1330. The molecule has 2 fully saturated rings. The van der Waals surface area contributed by atoms with Crippen molar-refractivity contribution in [1.29, 1.82) is 0 Å². The zero-order valence-electron chi connectivity index (χ0n) is 20.6. The van der Waals surface area contributed by atoms with Crippen LogP contribution >= 0.6 is 0 Å². The standard InChI is InChI=1S/C23H32N4O6S2/c1-22(2,3)10-11-23(4)13-27(15-7-8-15)21(29)18(19(23)28)20-24-16-9-6-14(25-34(5,30)31)12-17(16)35(32,33)26-20/h6,9,12,15,18,25H,7-8,10-11,13H2,1-5H3,(H,24,26). The molecule has 2 unspecified atom stereocenters. The number of anilines is 2. The van der Waals surface area contributed by atoms with Gasteiger partial charge in [-0.2, -0.15) is 8.42 Å². The summed E-state index contributed by atoms with van der Waals surface area (Å²) in [5, 5.41) is 2.89. The molecule has 2 N–H and O–H groups in total. The molecule has 2 atom stereocenters. The third-order valence-corrected chi connectivity index (χ3v) is 8.58. The second-order valence-corrected chi connectivity index (χ2v) is 14.6. The minimum atomic E-state index is -4.29. The molecule has 35 heavy (non-hydrogen) atoms. The summed E-state index contributed by atoms with van der Waals surface area (Å²) in [5.74, 6) is -2.30. The summed E-state index contributed by atoms with van der Waals surface area (Å²) >= 11 is 0. The maximum atomic E-state index is 13.8. The van der Waals surface area contributed by atoms with E-state index in [-0.39, 0.29) is 39.3 Å². The Morgan fingerprint density at radius 3 is 2.46 bits per heavy atom. The Balaban J connectivity index is 1.71. The lowest BCUT2D eigenvalue weighted by molar-refractivity contribution is -0.152. The van der Waals surface area contributed by atoms with Gasteiger partial charge in [0.05, 0.1) is 11.9 Å². The molecule has 0 bridgehead atoms. The predicted octanol–water partition coefficient (Wildman–Crippen LogP) is 2.59. The fraction of sp³-hybridized carbons (Fsp3) is 0.609. The molecule has 2 aliphatic heterocycles. The summed E-state index contributed by atoms with van der Waals surface area (Å²) in [6.45, 7) is 8.44. The number of sulfonamides is 2. The number of carbonyl (C=O) groups is 2. The summed E-state index contributed by atoms with van der Waals surface area (Å²) in [5.41, 5.74) is -0.638. The number of fused-ring (bicyclic) bond motifs is 1. The van der Waals surface area contributed by atoms with Gasteiger partial charge in [-0.05, 0) is 49.3 Å². The van der Waals surface area contributed by atoms with E-state index in [1.165, 1.54) is 12.1 Å². The summed E-state index contributed by atoms with van der Waals surface area (Å²) < 4.78 is 55.3. The number of likely N-dealkylation sites (tertiary alicyclic amines) is 1. The fourth-order valence-electron chi connectivity index (χ4n) is 4.53. The number of carbonyl (C=O) groups excluding carboxylic acids is 2. The van der Waals surface area contributed by atoms with Gasteiger partial charge in [-0.15, -0.1) is 4.40 Å². The molecule has 12 heteroatoms. The number of nitrogens with one attached hydrogen (secondary N) is 2. The number of amidine groups is 1. The monoisotopic (exact) mass is 524 g/mol. The van der Waals surface area contributed by atoms with Crippen molar-refractivity contribution >= 4 is 48.9 Å². The van der Waals surface area contributed by atoms with Crippen LogP contribution in [0.25, 0.3) is 0 Å². The van der Waals surface area contributed by atoms with E-state index in [1.54, 1.807) is 4.90 Å². The van der Waals surface area contributed by atoms with Gasteiger partial charge in [0.25, 0.3) is 10.0 Å². The minimum Gasteiger partial charge on any atom is -0.341 e. The Morgan fingerprint density at radius 1 is 1.23 bits per heavy atom. The highest BCUT2D eigenvalue weighted by molar-refractivity contribution is 7.92. The first-order valence-electron chi connectivity index (χ1n) is 11.6. The SMILES string of the molecule is CC(C)(C)CCC1(C)CN(C2CC2)C(=O)C(C2=NS(=O)(=O)c3cc(NS(C)(=O)=O)ccc3N2)C1=O. The van der Waals surface area contributed by atoms with Crippen LogP contribution in [0.5, 0.6) is 0 Å². The minimum absolute atomic E-state index is 0.00868. The average molecular weight is 525 g/mol. The molecular formula is C23H32N4O6S2. The van der Waals surface area contributed by atoms with Crippen LogP contribution in [-0.2, 0) is 29.6 Å². The van der Waals surface area contributed by atoms with Crippen molar-refractivity contribution in [3.63, 3.8) is 0 Å². The van der Waals surface area contributed by atoms with Gasteiger partial charge in [0, 0.05) is 23.7 Å². The average Bonchev–Trinajstić information content (AvgIpc) is 3.53. The molecule has 0 spiro atoms. The lowest BCUT2D eigenvalue weighted by Crippen LogP contribution is -2.60. The summed E-state index contributed by atoms with van der Waals surface area (Å²) in [6, 6.07) is 4.02. The van der Waals surface area contributed by atoms with Crippen molar-refractivity contribution in [2.24, 2.45) is 21.1 Å². The van der Waals surface area contributed by atoms with Crippen molar-refractivity contribution in [3.8, 4) is 0 Å². The van der Waals surface area contributed by atoms with Crippen molar-refractivity contribution in [1.82, 2.24) is 4.90 Å². The number of amides is 1. The van der Waals surface area contributed by atoms with E-state index in [1.807, 2.05) is 6.92 Å². The predicted molar refractivity (Wildman–Crippen MR) is 133 cm³/mol. The molecule has 1 aliphatic carbocycles. The van der Waals surface area contributed by atoms with Gasteiger partial charge < -0.3 is 10.2 Å². The quantitative estimate of drug-likeness (QED) is 0.545. The molecule has 1 saturated carbocycles. The highest BCUT2D eigenvalue weighted by atomic mass is 32.2. The summed E-state index contributed by atoms with van der Waals surface area (Å²) in [6.07, 6.45) is 4.02. The van der Waals surface area contributed by atoms with Crippen LogP contribution in [-0.4, -0.2) is 58.1 Å². The molecule has 1 aromatic rings. The van der Waals surface area contributed by atoms with Gasteiger partial charge in [-0.25, -0.2) is 8.42 Å². The van der Waals surface area contributed by atoms with Gasteiger partial charge in [0.15, 0.2) is 11.7 Å². The van der Waals surface area contributed by atoms with Gasteiger partial charge in [-0.1, -0.05) is 27.7 Å². The Kier molecular flexibility index (Phi) is 6.07. The van der Waals surface area contributed by atoms with Crippen LogP contribution in [0.2, 0.25) is 0 Å². The molecule has 0 radical (unpaired) electrons. The molecule has 1 aromatic carbocycles. The molecule has 2 heterocycles. The van der Waals surface area contributed by atoms with Gasteiger partial charge in [-0.3, -0.25) is 14.3 Å². The molecule has 1 amide bonds. The topological polar surface area (TPSA) is 142 Å². The highest BCUT2D eigenvalue weighted by Crippen LogP contribution is 2.43. The first kappa shape index (κ1) is 25.6. The van der Waals surface area contributed by atoms with Crippen molar-refractivity contribution < 1.29 is 26.4 Å². The zero-order valence-corrected chi connectivity index (χ0v) is 22.2. The fourth-order valence-corrected chi connectivity index (χ4v) is 6.27. The first-order chi connectivity index (χ1) is 16.0. The largest absolute Gasteiger partial charge is 0.341 e. The molecule has 1 saturated heterocycles. The van der Waals surface area contributed by atoms with Gasteiger partial charge in [0.1, 0.15) is 10.7 Å². The van der Waals surface area contributed by atoms with E-state index in [0.717, 1.165) is 31.6 Å². The third-order valence-electron chi connectivity index (χ3n) is 6.64. The number of rotatable bonds is 6. The van der Waals surface area contributed by atoms with Crippen LogP contribution in [0, 0.1) is 16.7 Å². The number of nitrogens with zero attached hydrogens (tertiary/aromatic N) is 2. The van der Waals surface area contributed by atoms with Crippen LogP contribution in [0.1, 0.15) is 53.4 Å². The number of hydrogen-bond acceptors (Lipinski definition) is 7. The van der Waals surface area contributed by atoms with Crippen LogP contribution < -0.4 is 10.0 Å². The van der Waals surface area contributed by atoms with Crippen molar-refractivity contribution in [3.05, 3.63) is 18.2 Å². The molecule has 192 valence electrons. The maximum Gasteiger partial charge on any atom is 0.286 e. The summed E-state index contributed by atoms with van der Waals surface area (Å²) in [7, 11) is -7.91. The molecular weight excluding hydrogens is 492 g/mol. The third kappa shape index (κ3) is 5.37. The van der Waals surface area contributed by atoms with Crippen LogP contribution in [0.4, 0.5) is 11.4 Å². The second kappa shape index (κ2) is 8.29. The highest BCUT2D eigenvalue weighted by Gasteiger charge is 2.54. The number of hydrogen-bond donors (Lipinski definition) is 2. The first-order valence-corrected chi connectivity index (χ1v) is 14.9. The smallest absolute Gasteiger partial charge is 0.286 e.